The molecule has 0 atom stereocenters. The average Bonchev–Trinajstić information content (AvgIpc) is 2.33. The highest BCUT2D eigenvalue weighted by molar-refractivity contribution is 9.10. The highest BCUT2D eigenvalue weighted by atomic mass is 79.9. The predicted molar refractivity (Wildman–Crippen MR) is 68.4 cm³/mol. The van der Waals surface area contributed by atoms with E-state index in [9.17, 15) is 4.39 Å². The maximum atomic E-state index is 13.9. The third-order valence-corrected chi connectivity index (χ3v) is 3.78. The smallest absolute Gasteiger partial charge is 0.160 e. The molecule has 1 saturated heterocycles. The van der Waals surface area contributed by atoms with Crippen LogP contribution in [0.1, 0.15) is 12.8 Å². The third kappa shape index (κ3) is 2.38. The molecule has 1 heterocycles. The molecule has 1 aromatic carbocycles. The van der Waals surface area contributed by atoms with Crippen LogP contribution in [0.5, 0.6) is 0 Å². The standard InChI is InChI=1S/C12H16BrFN2/c1-16(9-5-7-15-8-6-9)11-4-2-3-10(13)12(11)14/h2-4,9,15H,5-8H2,1H3. The highest BCUT2D eigenvalue weighted by Gasteiger charge is 2.20. The lowest BCUT2D eigenvalue weighted by Gasteiger charge is -2.33. The summed E-state index contributed by atoms with van der Waals surface area (Å²) in [5.74, 6) is -0.163. The van der Waals surface area contributed by atoms with E-state index in [2.05, 4.69) is 26.1 Å². The second kappa shape index (κ2) is 5.15. The van der Waals surface area contributed by atoms with E-state index in [1.165, 1.54) is 0 Å². The van der Waals surface area contributed by atoms with Gasteiger partial charge in [-0.2, -0.15) is 0 Å². The van der Waals surface area contributed by atoms with Gasteiger partial charge >= 0.3 is 0 Å². The largest absolute Gasteiger partial charge is 0.369 e. The zero-order chi connectivity index (χ0) is 11.5. The third-order valence-electron chi connectivity index (χ3n) is 3.17. The second-order valence-corrected chi connectivity index (χ2v) is 5.02. The molecule has 0 unspecified atom stereocenters. The summed E-state index contributed by atoms with van der Waals surface area (Å²) in [6.07, 6.45) is 2.14. The Bertz CT molecular complexity index is 364. The van der Waals surface area contributed by atoms with Gasteiger partial charge < -0.3 is 10.2 Å². The van der Waals surface area contributed by atoms with Gasteiger partial charge in [-0.1, -0.05) is 6.07 Å². The van der Waals surface area contributed by atoms with Gasteiger partial charge in [0.05, 0.1) is 10.2 Å². The first-order valence-electron chi connectivity index (χ1n) is 5.57. The lowest BCUT2D eigenvalue weighted by molar-refractivity contribution is 0.439. The van der Waals surface area contributed by atoms with Crippen LogP contribution >= 0.6 is 15.9 Å². The van der Waals surface area contributed by atoms with E-state index in [0.29, 0.717) is 16.2 Å². The number of nitrogens with one attached hydrogen (secondary N) is 1. The number of hydrogen-bond acceptors (Lipinski definition) is 2. The Kier molecular flexibility index (Phi) is 3.82. The molecule has 2 rings (SSSR count). The van der Waals surface area contributed by atoms with Crippen LogP contribution in [0.2, 0.25) is 0 Å². The Morgan fingerprint density at radius 3 is 2.75 bits per heavy atom. The highest BCUT2D eigenvalue weighted by Crippen LogP contribution is 2.27. The lowest BCUT2D eigenvalue weighted by Crippen LogP contribution is -2.41. The summed E-state index contributed by atoms with van der Waals surface area (Å²) < 4.78 is 14.4. The summed E-state index contributed by atoms with van der Waals surface area (Å²) in [4.78, 5) is 2.06. The molecule has 2 nitrogen and oxygen atoms in total. The van der Waals surface area contributed by atoms with Gasteiger partial charge in [0.1, 0.15) is 0 Å². The van der Waals surface area contributed by atoms with Gasteiger partial charge in [-0.25, -0.2) is 4.39 Å². The summed E-state index contributed by atoms with van der Waals surface area (Å²) in [5, 5.41) is 3.32. The maximum absolute atomic E-state index is 13.9. The molecule has 0 bridgehead atoms. The molecule has 0 radical (unpaired) electrons. The Morgan fingerprint density at radius 2 is 2.06 bits per heavy atom. The van der Waals surface area contributed by atoms with Crippen molar-refractivity contribution >= 4 is 21.6 Å². The van der Waals surface area contributed by atoms with Crippen LogP contribution in [0, 0.1) is 5.82 Å². The fraction of sp³-hybridized carbons (Fsp3) is 0.500. The van der Waals surface area contributed by atoms with Gasteiger partial charge in [-0.3, -0.25) is 0 Å². The van der Waals surface area contributed by atoms with E-state index >= 15 is 0 Å². The molecular formula is C12H16BrFN2. The molecule has 1 aliphatic rings. The van der Waals surface area contributed by atoms with Gasteiger partial charge in [-0.15, -0.1) is 0 Å². The first-order valence-corrected chi connectivity index (χ1v) is 6.37. The number of benzene rings is 1. The number of anilines is 1. The molecule has 16 heavy (non-hydrogen) atoms. The molecule has 0 aromatic heterocycles. The fourth-order valence-electron chi connectivity index (χ4n) is 2.16. The molecule has 0 aliphatic carbocycles. The minimum absolute atomic E-state index is 0.163. The summed E-state index contributed by atoms with van der Waals surface area (Å²) in [7, 11) is 1.97. The van der Waals surface area contributed by atoms with Crippen LogP contribution < -0.4 is 10.2 Å². The van der Waals surface area contributed by atoms with Crippen LogP contribution in [-0.2, 0) is 0 Å². The number of piperidine rings is 1. The Hall–Kier alpha value is -0.610. The lowest BCUT2D eigenvalue weighted by atomic mass is 10.0. The zero-order valence-electron chi connectivity index (χ0n) is 9.34. The molecule has 0 saturated carbocycles. The molecule has 4 heteroatoms. The van der Waals surface area contributed by atoms with E-state index < -0.39 is 0 Å². The minimum Gasteiger partial charge on any atom is -0.369 e. The van der Waals surface area contributed by atoms with Gasteiger partial charge in [0.15, 0.2) is 5.82 Å². The second-order valence-electron chi connectivity index (χ2n) is 4.17. The van der Waals surface area contributed by atoms with E-state index in [4.69, 9.17) is 0 Å². The fourth-order valence-corrected chi connectivity index (χ4v) is 2.51. The zero-order valence-corrected chi connectivity index (χ0v) is 10.9. The van der Waals surface area contributed by atoms with Crippen LogP contribution in [0.25, 0.3) is 0 Å². The summed E-state index contributed by atoms with van der Waals surface area (Å²) in [5.41, 5.74) is 0.682. The number of hydrogen-bond donors (Lipinski definition) is 1. The number of halogens is 2. The van der Waals surface area contributed by atoms with Crippen molar-refractivity contribution in [2.24, 2.45) is 0 Å². The Morgan fingerprint density at radius 1 is 1.38 bits per heavy atom. The van der Waals surface area contributed by atoms with Gasteiger partial charge in [0.25, 0.3) is 0 Å². The van der Waals surface area contributed by atoms with Crippen molar-refractivity contribution in [2.75, 3.05) is 25.0 Å². The molecule has 88 valence electrons. The molecule has 1 N–H and O–H groups in total. The van der Waals surface area contributed by atoms with Crippen molar-refractivity contribution < 1.29 is 4.39 Å². The van der Waals surface area contributed by atoms with E-state index in [1.807, 2.05) is 19.2 Å². The molecule has 1 aliphatic heterocycles. The number of nitrogens with zero attached hydrogens (tertiary/aromatic N) is 1. The van der Waals surface area contributed by atoms with Crippen LogP contribution in [0.3, 0.4) is 0 Å². The normalized spacial score (nSPS) is 17.4. The summed E-state index contributed by atoms with van der Waals surface area (Å²) in [6, 6.07) is 5.88. The van der Waals surface area contributed by atoms with E-state index in [0.717, 1.165) is 25.9 Å². The molecule has 1 aromatic rings. The molecule has 1 fully saturated rings. The van der Waals surface area contributed by atoms with Crippen molar-refractivity contribution in [1.82, 2.24) is 5.32 Å². The van der Waals surface area contributed by atoms with Crippen LogP contribution in [0.4, 0.5) is 10.1 Å². The molecule has 0 spiro atoms. The Balaban J connectivity index is 2.19. The average molecular weight is 287 g/mol. The van der Waals surface area contributed by atoms with E-state index in [1.54, 1.807) is 6.07 Å². The minimum atomic E-state index is -0.163. The first kappa shape index (κ1) is 11.9. The van der Waals surface area contributed by atoms with Crippen molar-refractivity contribution in [3.63, 3.8) is 0 Å². The first-order chi connectivity index (χ1) is 7.70. The predicted octanol–water partition coefficient (Wildman–Crippen LogP) is 2.78. The maximum Gasteiger partial charge on any atom is 0.160 e. The molecule has 0 amide bonds. The topological polar surface area (TPSA) is 15.3 Å². The molecular weight excluding hydrogens is 271 g/mol. The monoisotopic (exact) mass is 286 g/mol. The van der Waals surface area contributed by atoms with Crippen molar-refractivity contribution in [3.05, 3.63) is 28.5 Å². The van der Waals surface area contributed by atoms with E-state index in [-0.39, 0.29) is 5.82 Å². The Labute approximate surface area is 104 Å². The SMILES string of the molecule is CN(c1cccc(Br)c1F)C1CCNCC1. The van der Waals surface area contributed by atoms with Crippen molar-refractivity contribution in [2.45, 2.75) is 18.9 Å². The van der Waals surface area contributed by atoms with Gasteiger partial charge in [0.2, 0.25) is 0 Å². The summed E-state index contributed by atoms with van der Waals surface area (Å²) in [6.45, 7) is 2.04. The van der Waals surface area contributed by atoms with Crippen molar-refractivity contribution in [1.29, 1.82) is 0 Å². The number of rotatable bonds is 2. The summed E-state index contributed by atoms with van der Waals surface area (Å²) >= 11 is 3.22. The van der Waals surface area contributed by atoms with Gasteiger partial charge in [-0.05, 0) is 54.0 Å². The van der Waals surface area contributed by atoms with Gasteiger partial charge in [0, 0.05) is 13.1 Å². The van der Waals surface area contributed by atoms with Crippen LogP contribution in [0.15, 0.2) is 22.7 Å². The van der Waals surface area contributed by atoms with Crippen molar-refractivity contribution in [3.8, 4) is 0 Å². The quantitative estimate of drug-likeness (QED) is 0.899. The van der Waals surface area contributed by atoms with Crippen LogP contribution in [-0.4, -0.2) is 26.2 Å².